The van der Waals surface area contributed by atoms with Gasteiger partial charge in [-0.2, -0.15) is 4.31 Å². The Hall–Kier alpha value is -1.14. The lowest BCUT2D eigenvalue weighted by Crippen LogP contribution is -2.29. The van der Waals surface area contributed by atoms with E-state index in [4.69, 9.17) is 0 Å². The van der Waals surface area contributed by atoms with Gasteiger partial charge in [0.2, 0.25) is 10.0 Å². The highest BCUT2D eigenvalue weighted by Crippen LogP contribution is 2.27. The number of hydrogen-bond donors (Lipinski definition) is 1. The molecule has 1 N–H and O–H groups in total. The first-order valence-electron chi connectivity index (χ1n) is 6.72. The summed E-state index contributed by atoms with van der Waals surface area (Å²) in [5.41, 5.74) is 0. The zero-order chi connectivity index (χ0) is 13.9. The summed E-state index contributed by atoms with van der Waals surface area (Å²) in [4.78, 5) is 4.37. The Labute approximate surface area is 115 Å². The first-order chi connectivity index (χ1) is 9.07. The predicted octanol–water partition coefficient (Wildman–Crippen LogP) is 1.93. The number of rotatable bonds is 5. The highest BCUT2D eigenvalue weighted by atomic mass is 32.2. The molecule has 6 heteroatoms. The van der Waals surface area contributed by atoms with E-state index in [1.54, 1.807) is 23.5 Å². The molecule has 0 amide bonds. The lowest BCUT2D eigenvalue weighted by molar-refractivity contribution is 0.444. The molecule has 1 aliphatic rings. The molecule has 5 nitrogen and oxygen atoms in total. The molecule has 1 fully saturated rings. The van der Waals surface area contributed by atoms with Gasteiger partial charge in [-0.1, -0.05) is 13.3 Å². The number of pyridine rings is 1. The van der Waals surface area contributed by atoms with Gasteiger partial charge in [0, 0.05) is 32.4 Å². The van der Waals surface area contributed by atoms with Gasteiger partial charge in [0.1, 0.15) is 5.82 Å². The van der Waals surface area contributed by atoms with Crippen LogP contribution in [0.5, 0.6) is 0 Å². The third kappa shape index (κ3) is 3.06. The zero-order valence-corrected chi connectivity index (χ0v) is 12.3. The standard InChI is InChI=1S/C13H21N3O2S/c1-3-4-11-6-8-16(10-11)19(17,18)12-5-7-15-13(9-12)14-2/h5,7,9,11H,3-4,6,8,10H2,1-2H3,(H,14,15). The summed E-state index contributed by atoms with van der Waals surface area (Å²) >= 11 is 0. The second kappa shape index (κ2) is 5.88. The summed E-state index contributed by atoms with van der Waals surface area (Å²) in [5.74, 6) is 1.08. The van der Waals surface area contributed by atoms with Gasteiger partial charge in [-0.05, 0) is 24.8 Å². The number of aromatic nitrogens is 1. The number of nitrogens with one attached hydrogen (secondary N) is 1. The van der Waals surface area contributed by atoms with Gasteiger partial charge in [0.15, 0.2) is 0 Å². The molecule has 1 saturated heterocycles. The first-order valence-corrected chi connectivity index (χ1v) is 8.16. The van der Waals surface area contributed by atoms with Gasteiger partial charge in [0.25, 0.3) is 0 Å². The zero-order valence-electron chi connectivity index (χ0n) is 11.5. The van der Waals surface area contributed by atoms with Gasteiger partial charge in [-0.3, -0.25) is 0 Å². The smallest absolute Gasteiger partial charge is 0.243 e. The van der Waals surface area contributed by atoms with Crippen molar-refractivity contribution in [1.29, 1.82) is 0 Å². The minimum absolute atomic E-state index is 0.323. The van der Waals surface area contributed by atoms with Crippen LogP contribution in [0.1, 0.15) is 26.2 Å². The Morgan fingerprint density at radius 3 is 3.00 bits per heavy atom. The topological polar surface area (TPSA) is 62.3 Å². The Morgan fingerprint density at radius 2 is 2.32 bits per heavy atom. The molecule has 19 heavy (non-hydrogen) atoms. The fraction of sp³-hybridized carbons (Fsp3) is 0.615. The highest BCUT2D eigenvalue weighted by Gasteiger charge is 2.32. The molecule has 0 aliphatic carbocycles. The monoisotopic (exact) mass is 283 g/mol. The quantitative estimate of drug-likeness (QED) is 0.897. The van der Waals surface area contributed by atoms with E-state index in [1.165, 1.54) is 6.20 Å². The summed E-state index contributed by atoms with van der Waals surface area (Å²) in [7, 11) is -1.64. The number of anilines is 1. The molecule has 1 unspecified atom stereocenters. The molecular weight excluding hydrogens is 262 g/mol. The normalized spacial score (nSPS) is 20.6. The summed E-state index contributed by atoms with van der Waals surface area (Å²) in [5, 5.41) is 2.87. The van der Waals surface area contributed by atoms with Crippen LogP contribution in [-0.2, 0) is 10.0 Å². The molecule has 106 valence electrons. The van der Waals surface area contributed by atoms with Crippen LogP contribution >= 0.6 is 0 Å². The van der Waals surface area contributed by atoms with Crippen molar-refractivity contribution in [2.24, 2.45) is 5.92 Å². The summed E-state index contributed by atoms with van der Waals surface area (Å²) in [6.07, 6.45) is 4.71. The number of sulfonamides is 1. The average Bonchev–Trinajstić information content (AvgIpc) is 2.88. The molecule has 1 atom stereocenters. The molecule has 1 aromatic heterocycles. The van der Waals surface area contributed by atoms with Crippen molar-refractivity contribution in [3.63, 3.8) is 0 Å². The molecule has 0 saturated carbocycles. The lowest BCUT2D eigenvalue weighted by atomic mass is 10.0. The van der Waals surface area contributed by atoms with Crippen molar-refractivity contribution in [3.8, 4) is 0 Å². The van der Waals surface area contributed by atoms with Crippen LogP contribution in [0.2, 0.25) is 0 Å². The molecule has 1 aliphatic heterocycles. The van der Waals surface area contributed by atoms with Gasteiger partial charge >= 0.3 is 0 Å². The maximum absolute atomic E-state index is 12.5. The average molecular weight is 283 g/mol. The van der Waals surface area contributed by atoms with Crippen LogP contribution in [0.25, 0.3) is 0 Å². The van der Waals surface area contributed by atoms with E-state index in [2.05, 4.69) is 17.2 Å². The van der Waals surface area contributed by atoms with E-state index in [-0.39, 0.29) is 0 Å². The fourth-order valence-electron chi connectivity index (χ4n) is 2.52. The molecule has 2 rings (SSSR count). The molecule has 1 aromatic rings. The van der Waals surface area contributed by atoms with Crippen LogP contribution in [0.4, 0.5) is 5.82 Å². The van der Waals surface area contributed by atoms with Crippen molar-refractivity contribution in [2.45, 2.75) is 31.1 Å². The lowest BCUT2D eigenvalue weighted by Gasteiger charge is -2.16. The molecule has 0 aromatic carbocycles. The van der Waals surface area contributed by atoms with Gasteiger partial charge in [0.05, 0.1) is 4.90 Å². The Bertz CT molecular complexity index is 530. The van der Waals surface area contributed by atoms with E-state index < -0.39 is 10.0 Å². The molecule has 0 radical (unpaired) electrons. The van der Waals surface area contributed by atoms with E-state index in [1.807, 2.05) is 0 Å². The van der Waals surface area contributed by atoms with E-state index >= 15 is 0 Å². The third-order valence-corrected chi connectivity index (χ3v) is 5.43. The molecule has 0 bridgehead atoms. The first kappa shape index (κ1) is 14.3. The van der Waals surface area contributed by atoms with Gasteiger partial charge in [-0.15, -0.1) is 0 Å². The van der Waals surface area contributed by atoms with Crippen molar-refractivity contribution < 1.29 is 8.42 Å². The molecular formula is C13H21N3O2S. The van der Waals surface area contributed by atoms with E-state index in [0.717, 1.165) is 19.3 Å². The minimum atomic E-state index is -3.37. The largest absolute Gasteiger partial charge is 0.373 e. The van der Waals surface area contributed by atoms with Gasteiger partial charge < -0.3 is 5.32 Å². The predicted molar refractivity (Wildman–Crippen MR) is 75.6 cm³/mol. The second-order valence-electron chi connectivity index (χ2n) is 4.93. The van der Waals surface area contributed by atoms with Crippen molar-refractivity contribution in [2.75, 3.05) is 25.5 Å². The van der Waals surface area contributed by atoms with Crippen molar-refractivity contribution in [1.82, 2.24) is 9.29 Å². The summed E-state index contributed by atoms with van der Waals surface area (Å²) < 4.78 is 26.6. The van der Waals surface area contributed by atoms with Gasteiger partial charge in [-0.25, -0.2) is 13.4 Å². The maximum Gasteiger partial charge on any atom is 0.243 e. The maximum atomic E-state index is 12.5. The molecule has 0 spiro atoms. The number of hydrogen-bond acceptors (Lipinski definition) is 4. The van der Waals surface area contributed by atoms with Crippen molar-refractivity contribution in [3.05, 3.63) is 18.3 Å². The highest BCUT2D eigenvalue weighted by molar-refractivity contribution is 7.89. The fourth-order valence-corrected chi connectivity index (χ4v) is 4.06. The SMILES string of the molecule is CCCC1CCN(S(=O)(=O)c2ccnc(NC)c2)C1. The minimum Gasteiger partial charge on any atom is -0.373 e. The Morgan fingerprint density at radius 1 is 1.53 bits per heavy atom. The summed E-state index contributed by atoms with van der Waals surface area (Å²) in [6, 6.07) is 3.14. The van der Waals surface area contributed by atoms with Crippen LogP contribution in [0, 0.1) is 5.92 Å². The van der Waals surface area contributed by atoms with Crippen molar-refractivity contribution >= 4 is 15.8 Å². The number of nitrogens with zero attached hydrogens (tertiary/aromatic N) is 2. The Balaban J connectivity index is 2.18. The van der Waals surface area contributed by atoms with E-state index in [9.17, 15) is 8.42 Å². The van der Waals surface area contributed by atoms with Crippen LogP contribution in [0.3, 0.4) is 0 Å². The molecule has 2 heterocycles. The van der Waals surface area contributed by atoms with E-state index in [0.29, 0.717) is 29.7 Å². The van der Waals surface area contributed by atoms with Crippen LogP contribution in [-0.4, -0.2) is 37.8 Å². The van der Waals surface area contributed by atoms with Crippen LogP contribution in [0.15, 0.2) is 23.2 Å². The van der Waals surface area contributed by atoms with Crippen LogP contribution < -0.4 is 5.32 Å². The summed E-state index contributed by atoms with van der Waals surface area (Å²) in [6.45, 7) is 3.41. The second-order valence-corrected chi connectivity index (χ2v) is 6.87. The third-order valence-electron chi connectivity index (χ3n) is 3.57. The Kier molecular flexibility index (Phi) is 4.42.